The van der Waals surface area contributed by atoms with Crippen molar-refractivity contribution in [2.45, 2.75) is 64.7 Å². The monoisotopic (exact) mass is 277 g/mol. The van der Waals surface area contributed by atoms with Crippen LogP contribution in [-0.2, 0) is 0 Å². The van der Waals surface area contributed by atoms with Gasteiger partial charge in [-0.3, -0.25) is 4.99 Å². The molecule has 0 aromatic carbocycles. The minimum Gasteiger partial charge on any atom is -0.357 e. The molecular formula is C17H31N3. The van der Waals surface area contributed by atoms with E-state index in [1.807, 2.05) is 0 Å². The Kier molecular flexibility index (Phi) is 4.52. The number of nitrogens with one attached hydrogen (secondary N) is 1. The van der Waals surface area contributed by atoms with Gasteiger partial charge in [0.05, 0.1) is 0 Å². The molecule has 3 nitrogen and oxygen atoms in total. The fourth-order valence-corrected chi connectivity index (χ4v) is 4.01. The molecular weight excluding hydrogens is 246 g/mol. The normalized spacial score (nSPS) is 26.2. The maximum absolute atomic E-state index is 4.89. The Morgan fingerprint density at radius 2 is 2.00 bits per heavy atom. The van der Waals surface area contributed by atoms with Crippen molar-refractivity contribution >= 4 is 5.96 Å². The van der Waals surface area contributed by atoms with Gasteiger partial charge in [0, 0.05) is 26.2 Å². The number of aliphatic imine (C=N–C) groups is 1. The first-order valence-electron chi connectivity index (χ1n) is 8.85. The van der Waals surface area contributed by atoms with Gasteiger partial charge in [0.2, 0.25) is 0 Å². The summed E-state index contributed by atoms with van der Waals surface area (Å²) in [5.74, 6) is 2.18. The smallest absolute Gasteiger partial charge is 0.193 e. The Morgan fingerprint density at radius 3 is 2.70 bits per heavy atom. The van der Waals surface area contributed by atoms with E-state index in [1.165, 1.54) is 76.8 Å². The molecule has 2 aliphatic carbocycles. The van der Waals surface area contributed by atoms with Crippen molar-refractivity contribution in [1.82, 2.24) is 10.2 Å². The van der Waals surface area contributed by atoms with Crippen LogP contribution in [0, 0.1) is 11.3 Å². The molecule has 2 saturated carbocycles. The van der Waals surface area contributed by atoms with Gasteiger partial charge >= 0.3 is 0 Å². The number of guanidine groups is 1. The summed E-state index contributed by atoms with van der Waals surface area (Å²) in [6.45, 7) is 6.67. The minimum absolute atomic E-state index is 0.630. The lowest BCUT2D eigenvalue weighted by molar-refractivity contribution is 0.203. The zero-order valence-electron chi connectivity index (χ0n) is 13.2. The molecule has 1 saturated heterocycles. The Balaban J connectivity index is 1.56. The van der Waals surface area contributed by atoms with Crippen molar-refractivity contribution in [3.05, 3.63) is 0 Å². The molecule has 0 amide bonds. The molecule has 20 heavy (non-hydrogen) atoms. The molecule has 3 rings (SSSR count). The molecule has 0 radical (unpaired) electrons. The van der Waals surface area contributed by atoms with E-state index < -0.39 is 0 Å². The molecule has 0 unspecified atom stereocenters. The van der Waals surface area contributed by atoms with Crippen LogP contribution in [0.1, 0.15) is 64.7 Å². The molecule has 1 aliphatic heterocycles. The topological polar surface area (TPSA) is 27.6 Å². The molecule has 3 aliphatic rings. The second kappa shape index (κ2) is 6.36. The number of hydrogen-bond acceptors (Lipinski definition) is 1. The summed E-state index contributed by atoms with van der Waals surface area (Å²) < 4.78 is 0. The summed E-state index contributed by atoms with van der Waals surface area (Å²) in [6.07, 6.45) is 12.8. The van der Waals surface area contributed by atoms with Gasteiger partial charge in [-0.2, -0.15) is 0 Å². The van der Waals surface area contributed by atoms with Crippen LogP contribution in [0.5, 0.6) is 0 Å². The summed E-state index contributed by atoms with van der Waals surface area (Å²) in [6, 6.07) is 0. The van der Waals surface area contributed by atoms with E-state index in [0.29, 0.717) is 5.41 Å². The van der Waals surface area contributed by atoms with E-state index in [9.17, 15) is 0 Å². The predicted molar refractivity (Wildman–Crippen MR) is 85.0 cm³/mol. The van der Waals surface area contributed by atoms with E-state index in [1.54, 1.807) is 0 Å². The van der Waals surface area contributed by atoms with Crippen LogP contribution < -0.4 is 5.32 Å². The molecule has 1 heterocycles. The van der Waals surface area contributed by atoms with E-state index in [2.05, 4.69) is 17.1 Å². The van der Waals surface area contributed by atoms with E-state index >= 15 is 0 Å². The average Bonchev–Trinajstić information content (AvgIpc) is 3.21. The van der Waals surface area contributed by atoms with Crippen LogP contribution in [0.3, 0.4) is 0 Å². The molecule has 0 aromatic rings. The zero-order chi connectivity index (χ0) is 13.8. The molecule has 0 bridgehead atoms. The lowest BCUT2D eigenvalue weighted by Gasteiger charge is -2.33. The van der Waals surface area contributed by atoms with Crippen molar-refractivity contribution in [2.24, 2.45) is 16.3 Å². The summed E-state index contributed by atoms with van der Waals surface area (Å²) in [4.78, 5) is 7.43. The van der Waals surface area contributed by atoms with Crippen LogP contribution in [0.4, 0.5) is 0 Å². The quantitative estimate of drug-likeness (QED) is 0.630. The Hall–Kier alpha value is -0.730. The highest BCUT2D eigenvalue weighted by molar-refractivity contribution is 5.80. The Bertz CT molecular complexity index is 340. The van der Waals surface area contributed by atoms with Gasteiger partial charge < -0.3 is 10.2 Å². The molecule has 1 spiro atoms. The Morgan fingerprint density at radius 1 is 1.20 bits per heavy atom. The third-order valence-electron chi connectivity index (χ3n) is 5.48. The second-order valence-electron chi connectivity index (χ2n) is 7.20. The molecule has 114 valence electrons. The number of hydrogen-bond donors (Lipinski definition) is 1. The number of likely N-dealkylation sites (tertiary alicyclic amines) is 1. The second-order valence-corrected chi connectivity index (χ2v) is 7.20. The molecule has 3 fully saturated rings. The first-order valence-corrected chi connectivity index (χ1v) is 8.85. The predicted octanol–water partition coefficient (Wildman–Crippen LogP) is 3.41. The third kappa shape index (κ3) is 3.48. The molecule has 0 atom stereocenters. The first-order chi connectivity index (χ1) is 9.81. The summed E-state index contributed by atoms with van der Waals surface area (Å²) in [5.41, 5.74) is 0.630. The Labute approximate surface area is 124 Å². The van der Waals surface area contributed by atoms with Gasteiger partial charge in [0.25, 0.3) is 0 Å². The van der Waals surface area contributed by atoms with Crippen molar-refractivity contribution in [2.75, 3.05) is 26.2 Å². The SMILES string of the molecule is CCNC(=NCCC1CC1)N1CCC2(CCCCC2)C1. The van der Waals surface area contributed by atoms with Gasteiger partial charge in [-0.05, 0) is 43.9 Å². The molecule has 3 heteroatoms. The minimum atomic E-state index is 0.630. The van der Waals surface area contributed by atoms with Gasteiger partial charge in [-0.15, -0.1) is 0 Å². The largest absolute Gasteiger partial charge is 0.357 e. The summed E-state index contributed by atoms with van der Waals surface area (Å²) in [5, 5.41) is 3.52. The highest BCUT2D eigenvalue weighted by Gasteiger charge is 2.39. The van der Waals surface area contributed by atoms with Crippen LogP contribution in [0.25, 0.3) is 0 Å². The molecule has 0 aromatic heterocycles. The summed E-state index contributed by atoms with van der Waals surface area (Å²) >= 11 is 0. The fourth-order valence-electron chi connectivity index (χ4n) is 4.01. The maximum Gasteiger partial charge on any atom is 0.193 e. The highest BCUT2D eigenvalue weighted by Crippen LogP contribution is 2.43. The van der Waals surface area contributed by atoms with Crippen molar-refractivity contribution < 1.29 is 0 Å². The van der Waals surface area contributed by atoms with Crippen LogP contribution in [0.15, 0.2) is 4.99 Å². The van der Waals surface area contributed by atoms with Crippen LogP contribution in [-0.4, -0.2) is 37.0 Å². The number of nitrogens with zero attached hydrogens (tertiary/aromatic N) is 2. The van der Waals surface area contributed by atoms with Gasteiger partial charge in [-0.1, -0.05) is 32.1 Å². The van der Waals surface area contributed by atoms with Crippen LogP contribution >= 0.6 is 0 Å². The van der Waals surface area contributed by atoms with Crippen molar-refractivity contribution in [3.8, 4) is 0 Å². The van der Waals surface area contributed by atoms with Gasteiger partial charge in [0.15, 0.2) is 5.96 Å². The summed E-state index contributed by atoms with van der Waals surface area (Å²) in [7, 11) is 0. The zero-order valence-corrected chi connectivity index (χ0v) is 13.2. The average molecular weight is 277 g/mol. The van der Waals surface area contributed by atoms with E-state index in [-0.39, 0.29) is 0 Å². The maximum atomic E-state index is 4.89. The third-order valence-corrected chi connectivity index (χ3v) is 5.48. The fraction of sp³-hybridized carbons (Fsp3) is 0.941. The van der Waals surface area contributed by atoms with Gasteiger partial charge in [0.1, 0.15) is 0 Å². The van der Waals surface area contributed by atoms with E-state index in [4.69, 9.17) is 4.99 Å². The first kappa shape index (κ1) is 14.2. The van der Waals surface area contributed by atoms with E-state index in [0.717, 1.165) is 19.0 Å². The lowest BCUT2D eigenvalue weighted by Crippen LogP contribution is -2.41. The van der Waals surface area contributed by atoms with Crippen LogP contribution in [0.2, 0.25) is 0 Å². The van der Waals surface area contributed by atoms with Gasteiger partial charge in [-0.25, -0.2) is 0 Å². The van der Waals surface area contributed by atoms with Crippen molar-refractivity contribution in [1.29, 1.82) is 0 Å². The van der Waals surface area contributed by atoms with Crippen molar-refractivity contribution in [3.63, 3.8) is 0 Å². The molecule has 1 N–H and O–H groups in total. The highest BCUT2D eigenvalue weighted by atomic mass is 15.3. The number of rotatable bonds is 4. The standard InChI is InChI=1S/C17H31N3/c1-2-18-16(19-12-8-15-6-7-15)20-13-11-17(14-20)9-4-3-5-10-17/h15H,2-14H2,1H3,(H,18,19). The lowest BCUT2D eigenvalue weighted by atomic mass is 9.73.